The van der Waals surface area contributed by atoms with Crippen LogP contribution in [0.25, 0.3) is 0 Å². The highest BCUT2D eigenvalue weighted by Gasteiger charge is 2.22. The van der Waals surface area contributed by atoms with E-state index in [1.807, 2.05) is 45.9 Å². The summed E-state index contributed by atoms with van der Waals surface area (Å²) in [5, 5.41) is 8.97. The summed E-state index contributed by atoms with van der Waals surface area (Å²) in [6.45, 7) is 7.99. The molecule has 0 aromatic heterocycles. The van der Waals surface area contributed by atoms with Crippen LogP contribution in [-0.2, 0) is 4.79 Å². The Morgan fingerprint density at radius 1 is 1.14 bits per heavy atom. The van der Waals surface area contributed by atoms with Crippen LogP contribution >= 0.6 is 0 Å². The lowest BCUT2D eigenvalue weighted by molar-refractivity contribution is -0.137. The predicted molar refractivity (Wildman–Crippen MR) is 83.8 cm³/mol. The summed E-state index contributed by atoms with van der Waals surface area (Å²) < 4.78 is 0. The zero-order valence-electron chi connectivity index (χ0n) is 13.4. The molecular weight excluding hydrogens is 268 g/mol. The number of carboxylic acid groups (broad SMARTS) is 1. The molecule has 5 nitrogen and oxygen atoms in total. The normalized spacial score (nSPS) is 10.6. The first-order chi connectivity index (χ1) is 9.70. The second-order valence-electron chi connectivity index (χ2n) is 5.86. The van der Waals surface area contributed by atoms with Crippen molar-refractivity contribution in [2.24, 2.45) is 5.92 Å². The molecule has 0 fully saturated rings. The van der Waals surface area contributed by atoms with Crippen LogP contribution in [0.15, 0.2) is 18.2 Å². The van der Waals surface area contributed by atoms with E-state index in [1.54, 1.807) is 7.05 Å². The maximum atomic E-state index is 12.5. The predicted octanol–water partition coefficient (Wildman–Crippen LogP) is 2.90. The third-order valence-electron chi connectivity index (χ3n) is 3.06. The van der Waals surface area contributed by atoms with Gasteiger partial charge in [0.1, 0.15) is 6.54 Å². The Morgan fingerprint density at radius 3 is 2.10 bits per heavy atom. The van der Waals surface area contributed by atoms with Crippen molar-refractivity contribution in [1.82, 2.24) is 4.90 Å². The second-order valence-corrected chi connectivity index (χ2v) is 5.86. The first kappa shape index (κ1) is 17.0. The van der Waals surface area contributed by atoms with Gasteiger partial charge in [-0.15, -0.1) is 0 Å². The number of carboxylic acids is 1. The maximum Gasteiger partial charge on any atom is 0.324 e. The fourth-order valence-corrected chi connectivity index (χ4v) is 2.28. The van der Waals surface area contributed by atoms with Crippen molar-refractivity contribution in [3.05, 3.63) is 29.3 Å². The lowest BCUT2D eigenvalue weighted by atomic mass is 10.1. The zero-order valence-corrected chi connectivity index (χ0v) is 13.4. The summed E-state index contributed by atoms with van der Waals surface area (Å²) in [7, 11) is 1.67. The molecule has 1 aromatic carbocycles. The highest BCUT2D eigenvalue weighted by Crippen LogP contribution is 2.19. The van der Waals surface area contributed by atoms with Gasteiger partial charge >= 0.3 is 12.0 Å². The van der Waals surface area contributed by atoms with Crippen LogP contribution in [0.5, 0.6) is 0 Å². The quantitative estimate of drug-likeness (QED) is 0.907. The molecule has 21 heavy (non-hydrogen) atoms. The van der Waals surface area contributed by atoms with Crippen LogP contribution in [0.4, 0.5) is 10.5 Å². The van der Waals surface area contributed by atoms with Gasteiger partial charge in [-0.25, -0.2) is 4.79 Å². The summed E-state index contributed by atoms with van der Waals surface area (Å²) in [6, 6.07) is 5.57. The van der Waals surface area contributed by atoms with Crippen molar-refractivity contribution < 1.29 is 14.7 Å². The van der Waals surface area contributed by atoms with E-state index in [9.17, 15) is 9.59 Å². The SMILES string of the molecule is Cc1cc(C)cc(N(C)C(=O)N(CC(=O)O)CC(C)C)c1. The molecule has 0 unspecified atom stereocenters. The maximum absolute atomic E-state index is 12.5. The van der Waals surface area contributed by atoms with E-state index in [2.05, 4.69) is 0 Å². The van der Waals surface area contributed by atoms with Crippen molar-refractivity contribution >= 4 is 17.7 Å². The van der Waals surface area contributed by atoms with Crippen LogP contribution in [0.3, 0.4) is 0 Å². The third kappa shape index (κ3) is 5.10. The van der Waals surface area contributed by atoms with Crippen LogP contribution in [0.1, 0.15) is 25.0 Å². The minimum Gasteiger partial charge on any atom is -0.480 e. The second kappa shape index (κ2) is 7.11. The lowest BCUT2D eigenvalue weighted by Crippen LogP contribution is -2.45. The van der Waals surface area contributed by atoms with Crippen LogP contribution in [0.2, 0.25) is 0 Å². The standard InChI is InChI=1S/C16H24N2O3/c1-11(2)9-18(10-15(19)20)16(21)17(5)14-7-12(3)6-13(4)8-14/h6-8,11H,9-10H2,1-5H3,(H,19,20). The number of hydrogen-bond acceptors (Lipinski definition) is 2. The molecule has 116 valence electrons. The number of aryl methyl sites for hydroxylation is 2. The minimum absolute atomic E-state index is 0.209. The topological polar surface area (TPSA) is 60.9 Å². The van der Waals surface area contributed by atoms with Gasteiger partial charge in [0, 0.05) is 19.3 Å². The van der Waals surface area contributed by atoms with Crippen LogP contribution < -0.4 is 4.90 Å². The molecule has 1 N–H and O–H groups in total. The largest absolute Gasteiger partial charge is 0.480 e. The molecule has 5 heteroatoms. The van der Waals surface area contributed by atoms with Gasteiger partial charge in [0.05, 0.1) is 0 Å². The van der Waals surface area contributed by atoms with Crippen molar-refractivity contribution in [3.63, 3.8) is 0 Å². The number of carbonyl (C=O) groups is 2. The summed E-state index contributed by atoms with van der Waals surface area (Å²) >= 11 is 0. The van der Waals surface area contributed by atoms with E-state index in [0.29, 0.717) is 6.54 Å². The van der Waals surface area contributed by atoms with Crippen molar-refractivity contribution in [1.29, 1.82) is 0 Å². The first-order valence-electron chi connectivity index (χ1n) is 7.03. The van der Waals surface area contributed by atoms with Crippen LogP contribution in [-0.4, -0.2) is 42.1 Å². The number of hydrogen-bond donors (Lipinski definition) is 1. The number of rotatable bonds is 5. The molecule has 0 atom stereocenters. The Hall–Kier alpha value is -2.04. The molecule has 0 aliphatic carbocycles. The number of nitrogens with zero attached hydrogens (tertiary/aromatic N) is 2. The Labute approximate surface area is 126 Å². The average Bonchev–Trinajstić information content (AvgIpc) is 2.33. The molecule has 2 amide bonds. The van der Waals surface area contributed by atoms with Gasteiger partial charge in [0.2, 0.25) is 0 Å². The van der Waals surface area contributed by atoms with Crippen molar-refractivity contribution in [2.45, 2.75) is 27.7 Å². The van der Waals surface area contributed by atoms with Gasteiger partial charge in [0.25, 0.3) is 0 Å². The van der Waals surface area contributed by atoms with E-state index in [1.165, 1.54) is 9.80 Å². The number of urea groups is 1. The molecule has 1 rings (SSSR count). The molecule has 0 saturated carbocycles. The van der Waals surface area contributed by atoms with Gasteiger partial charge < -0.3 is 10.0 Å². The molecule has 0 radical (unpaired) electrons. The summed E-state index contributed by atoms with van der Waals surface area (Å²) in [5.74, 6) is -0.793. The minimum atomic E-state index is -1.00. The summed E-state index contributed by atoms with van der Waals surface area (Å²) in [4.78, 5) is 26.3. The Balaban J connectivity index is 2.98. The molecule has 0 bridgehead atoms. The molecular formula is C16H24N2O3. The molecule has 0 aliphatic heterocycles. The summed E-state index contributed by atoms with van der Waals surface area (Å²) in [6.07, 6.45) is 0. The van der Waals surface area contributed by atoms with Crippen molar-refractivity contribution in [3.8, 4) is 0 Å². The zero-order chi connectivity index (χ0) is 16.2. The average molecular weight is 292 g/mol. The monoisotopic (exact) mass is 292 g/mol. The van der Waals surface area contributed by atoms with E-state index in [-0.39, 0.29) is 18.5 Å². The highest BCUT2D eigenvalue weighted by molar-refractivity contribution is 5.93. The van der Waals surface area contributed by atoms with E-state index >= 15 is 0 Å². The third-order valence-corrected chi connectivity index (χ3v) is 3.06. The summed E-state index contributed by atoms with van der Waals surface area (Å²) in [5.41, 5.74) is 2.91. The molecule has 0 saturated heterocycles. The fraction of sp³-hybridized carbons (Fsp3) is 0.500. The fourth-order valence-electron chi connectivity index (χ4n) is 2.28. The molecule has 0 heterocycles. The van der Waals surface area contributed by atoms with Gasteiger partial charge in [-0.05, 0) is 43.0 Å². The van der Waals surface area contributed by atoms with E-state index < -0.39 is 5.97 Å². The molecule has 0 aliphatic rings. The van der Waals surface area contributed by atoms with Crippen LogP contribution in [0, 0.1) is 19.8 Å². The number of benzene rings is 1. The van der Waals surface area contributed by atoms with Gasteiger partial charge in [0.15, 0.2) is 0 Å². The Bertz CT molecular complexity index is 506. The smallest absolute Gasteiger partial charge is 0.324 e. The van der Waals surface area contributed by atoms with E-state index in [0.717, 1.165) is 16.8 Å². The van der Waals surface area contributed by atoms with Gasteiger partial charge in [-0.2, -0.15) is 0 Å². The number of carbonyl (C=O) groups excluding carboxylic acids is 1. The lowest BCUT2D eigenvalue weighted by Gasteiger charge is -2.28. The number of anilines is 1. The molecule has 0 spiro atoms. The van der Waals surface area contributed by atoms with Gasteiger partial charge in [-0.1, -0.05) is 19.9 Å². The number of amides is 2. The number of aliphatic carboxylic acids is 1. The highest BCUT2D eigenvalue weighted by atomic mass is 16.4. The molecule has 1 aromatic rings. The van der Waals surface area contributed by atoms with E-state index in [4.69, 9.17) is 5.11 Å². The Morgan fingerprint density at radius 2 is 1.67 bits per heavy atom. The first-order valence-corrected chi connectivity index (χ1v) is 7.03. The van der Waals surface area contributed by atoms with Gasteiger partial charge in [-0.3, -0.25) is 9.69 Å². The Kier molecular flexibility index (Phi) is 5.76. The van der Waals surface area contributed by atoms with Crippen molar-refractivity contribution in [2.75, 3.05) is 25.0 Å².